The first kappa shape index (κ1) is 16.0. The lowest BCUT2D eigenvalue weighted by atomic mass is 9.86. The van der Waals surface area contributed by atoms with Crippen molar-refractivity contribution in [2.45, 2.75) is 58.4 Å². The van der Waals surface area contributed by atoms with Gasteiger partial charge in [0.1, 0.15) is 0 Å². The van der Waals surface area contributed by atoms with Gasteiger partial charge in [-0.1, -0.05) is 13.3 Å². The van der Waals surface area contributed by atoms with Crippen LogP contribution in [0.3, 0.4) is 0 Å². The number of carboxylic acid groups (broad SMARTS) is 1. The maximum absolute atomic E-state index is 12.3. The predicted octanol–water partition coefficient (Wildman–Crippen LogP) is 3.38. The van der Waals surface area contributed by atoms with E-state index >= 15 is 0 Å². The standard InChI is InChI=1S/C16H23NO3S/c1-3-4-12-9-14(21-10(12)2)15(18)17-13-7-5-11(6-8-13)16(19)20/h9,11,13H,3-8H2,1-2H3,(H,17,18)(H,19,20). The summed E-state index contributed by atoms with van der Waals surface area (Å²) in [6.45, 7) is 4.20. The average molecular weight is 309 g/mol. The molecule has 116 valence electrons. The van der Waals surface area contributed by atoms with Gasteiger partial charge in [-0.2, -0.15) is 0 Å². The predicted molar refractivity (Wildman–Crippen MR) is 83.9 cm³/mol. The van der Waals surface area contributed by atoms with Crippen molar-refractivity contribution < 1.29 is 14.7 Å². The smallest absolute Gasteiger partial charge is 0.306 e. The number of amides is 1. The van der Waals surface area contributed by atoms with Gasteiger partial charge >= 0.3 is 5.97 Å². The van der Waals surface area contributed by atoms with Gasteiger partial charge in [-0.3, -0.25) is 9.59 Å². The second kappa shape index (κ2) is 7.07. The van der Waals surface area contributed by atoms with Gasteiger partial charge in [0, 0.05) is 10.9 Å². The first-order valence-corrected chi connectivity index (χ1v) is 8.45. The van der Waals surface area contributed by atoms with Crippen LogP contribution in [0.1, 0.15) is 59.1 Å². The van der Waals surface area contributed by atoms with Crippen LogP contribution in [0.4, 0.5) is 0 Å². The Morgan fingerprint density at radius 3 is 2.57 bits per heavy atom. The van der Waals surface area contributed by atoms with Crippen LogP contribution in [-0.2, 0) is 11.2 Å². The van der Waals surface area contributed by atoms with Crippen molar-refractivity contribution in [1.29, 1.82) is 0 Å². The van der Waals surface area contributed by atoms with Crippen LogP contribution in [-0.4, -0.2) is 23.0 Å². The second-order valence-electron chi connectivity index (χ2n) is 5.80. The minimum absolute atomic E-state index is 0.00997. The zero-order valence-corrected chi connectivity index (χ0v) is 13.5. The molecule has 0 atom stereocenters. The summed E-state index contributed by atoms with van der Waals surface area (Å²) in [6, 6.07) is 2.12. The summed E-state index contributed by atoms with van der Waals surface area (Å²) in [6.07, 6.45) is 4.93. The summed E-state index contributed by atoms with van der Waals surface area (Å²) in [4.78, 5) is 25.2. The number of aliphatic carboxylic acids is 1. The highest BCUT2D eigenvalue weighted by Crippen LogP contribution is 2.26. The molecular formula is C16H23NO3S. The van der Waals surface area contributed by atoms with Crippen LogP contribution in [0.15, 0.2) is 6.07 Å². The van der Waals surface area contributed by atoms with Crippen LogP contribution in [0, 0.1) is 12.8 Å². The Labute approximate surface area is 129 Å². The van der Waals surface area contributed by atoms with Gasteiger partial charge in [-0.25, -0.2) is 0 Å². The average Bonchev–Trinajstić information content (AvgIpc) is 2.81. The Balaban J connectivity index is 1.90. The molecule has 1 aliphatic rings. The molecule has 5 heteroatoms. The molecule has 0 unspecified atom stereocenters. The highest BCUT2D eigenvalue weighted by molar-refractivity contribution is 7.14. The third-order valence-corrected chi connectivity index (χ3v) is 5.27. The molecule has 0 bridgehead atoms. The fourth-order valence-electron chi connectivity index (χ4n) is 2.89. The number of rotatable bonds is 5. The Hall–Kier alpha value is -1.36. The molecule has 1 fully saturated rings. The van der Waals surface area contributed by atoms with Gasteiger partial charge in [-0.05, 0) is 50.7 Å². The lowest BCUT2D eigenvalue weighted by molar-refractivity contribution is -0.142. The molecule has 1 saturated carbocycles. The van der Waals surface area contributed by atoms with Gasteiger partial charge in [0.05, 0.1) is 10.8 Å². The van der Waals surface area contributed by atoms with E-state index in [1.165, 1.54) is 10.4 Å². The number of aryl methyl sites for hydroxylation is 2. The summed E-state index contributed by atoms with van der Waals surface area (Å²) in [5.41, 5.74) is 1.27. The van der Waals surface area contributed by atoms with Crippen molar-refractivity contribution in [2.75, 3.05) is 0 Å². The van der Waals surface area contributed by atoms with E-state index in [2.05, 4.69) is 19.2 Å². The molecule has 1 aliphatic carbocycles. The maximum Gasteiger partial charge on any atom is 0.306 e. The monoisotopic (exact) mass is 309 g/mol. The highest BCUT2D eigenvalue weighted by Gasteiger charge is 2.27. The van der Waals surface area contributed by atoms with E-state index in [0.717, 1.165) is 30.6 Å². The Morgan fingerprint density at radius 2 is 2.00 bits per heavy atom. The third-order valence-electron chi connectivity index (χ3n) is 4.18. The largest absolute Gasteiger partial charge is 0.481 e. The summed E-state index contributed by atoms with van der Waals surface area (Å²) < 4.78 is 0. The van der Waals surface area contributed by atoms with Crippen LogP contribution >= 0.6 is 11.3 Å². The number of carbonyl (C=O) groups is 2. The van der Waals surface area contributed by atoms with Gasteiger partial charge in [-0.15, -0.1) is 11.3 Å². The molecular weight excluding hydrogens is 286 g/mol. The van der Waals surface area contributed by atoms with E-state index in [0.29, 0.717) is 12.8 Å². The summed E-state index contributed by atoms with van der Waals surface area (Å²) >= 11 is 1.55. The molecule has 0 aliphatic heterocycles. The van der Waals surface area contributed by atoms with Gasteiger partial charge in [0.2, 0.25) is 0 Å². The lowest BCUT2D eigenvalue weighted by Crippen LogP contribution is -2.38. The molecule has 0 spiro atoms. The van der Waals surface area contributed by atoms with Crippen molar-refractivity contribution in [3.8, 4) is 0 Å². The van der Waals surface area contributed by atoms with Gasteiger partial charge in [0.15, 0.2) is 0 Å². The van der Waals surface area contributed by atoms with E-state index < -0.39 is 5.97 Å². The van der Waals surface area contributed by atoms with Crippen molar-refractivity contribution in [1.82, 2.24) is 5.32 Å². The van der Waals surface area contributed by atoms with Crippen LogP contribution in [0.25, 0.3) is 0 Å². The number of carbonyl (C=O) groups excluding carboxylic acids is 1. The molecule has 0 radical (unpaired) electrons. The fourth-order valence-corrected chi connectivity index (χ4v) is 3.87. The lowest BCUT2D eigenvalue weighted by Gasteiger charge is -2.26. The number of hydrogen-bond donors (Lipinski definition) is 2. The topological polar surface area (TPSA) is 66.4 Å². The minimum atomic E-state index is -0.710. The molecule has 1 heterocycles. The van der Waals surface area contributed by atoms with Crippen molar-refractivity contribution in [3.63, 3.8) is 0 Å². The Morgan fingerprint density at radius 1 is 1.33 bits per heavy atom. The zero-order chi connectivity index (χ0) is 15.4. The number of hydrogen-bond acceptors (Lipinski definition) is 3. The molecule has 1 aromatic rings. The zero-order valence-electron chi connectivity index (χ0n) is 12.6. The third kappa shape index (κ3) is 4.06. The van der Waals surface area contributed by atoms with Crippen molar-refractivity contribution >= 4 is 23.2 Å². The summed E-state index contributed by atoms with van der Waals surface area (Å²) in [7, 11) is 0. The van der Waals surface area contributed by atoms with E-state index in [9.17, 15) is 9.59 Å². The molecule has 21 heavy (non-hydrogen) atoms. The van der Waals surface area contributed by atoms with E-state index in [-0.39, 0.29) is 17.9 Å². The fraction of sp³-hybridized carbons (Fsp3) is 0.625. The maximum atomic E-state index is 12.3. The van der Waals surface area contributed by atoms with Crippen LogP contribution in [0.2, 0.25) is 0 Å². The molecule has 1 amide bonds. The molecule has 0 aromatic carbocycles. The van der Waals surface area contributed by atoms with E-state index in [1.807, 2.05) is 6.07 Å². The molecule has 2 rings (SSSR count). The molecule has 4 nitrogen and oxygen atoms in total. The molecule has 0 saturated heterocycles. The quantitative estimate of drug-likeness (QED) is 0.876. The summed E-state index contributed by atoms with van der Waals surface area (Å²) in [5, 5.41) is 12.0. The number of carboxylic acids is 1. The van der Waals surface area contributed by atoms with Crippen LogP contribution < -0.4 is 5.32 Å². The molecule has 1 aromatic heterocycles. The Bertz CT molecular complexity index is 516. The summed E-state index contributed by atoms with van der Waals surface area (Å²) in [5.74, 6) is -0.958. The van der Waals surface area contributed by atoms with Crippen molar-refractivity contribution in [3.05, 3.63) is 21.4 Å². The Kier molecular flexibility index (Phi) is 5.39. The van der Waals surface area contributed by atoms with Gasteiger partial charge < -0.3 is 10.4 Å². The minimum Gasteiger partial charge on any atom is -0.481 e. The highest BCUT2D eigenvalue weighted by atomic mass is 32.1. The number of nitrogens with one attached hydrogen (secondary N) is 1. The second-order valence-corrected chi connectivity index (χ2v) is 7.06. The first-order chi connectivity index (χ1) is 10.0. The van der Waals surface area contributed by atoms with E-state index in [1.54, 1.807) is 11.3 Å². The van der Waals surface area contributed by atoms with Gasteiger partial charge in [0.25, 0.3) is 5.91 Å². The normalized spacial score (nSPS) is 22.0. The van der Waals surface area contributed by atoms with Crippen molar-refractivity contribution in [2.24, 2.45) is 5.92 Å². The SMILES string of the molecule is CCCc1cc(C(=O)NC2CCC(C(=O)O)CC2)sc1C. The van der Waals surface area contributed by atoms with Crippen LogP contribution in [0.5, 0.6) is 0 Å². The number of thiophene rings is 1. The molecule has 2 N–H and O–H groups in total. The van der Waals surface area contributed by atoms with E-state index in [4.69, 9.17) is 5.11 Å². The first-order valence-electron chi connectivity index (χ1n) is 7.64.